The van der Waals surface area contributed by atoms with E-state index in [4.69, 9.17) is 16.3 Å². The highest BCUT2D eigenvalue weighted by Crippen LogP contribution is 2.20. The molecule has 1 atom stereocenters. The Morgan fingerprint density at radius 2 is 2.08 bits per heavy atom. The maximum absolute atomic E-state index is 14.1. The molecule has 0 aliphatic rings. The zero-order valence-electron chi connectivity index (χ0n) is 14.3. The van der Waals surface area contributed by atoms with Crippen molar-refractivity contribution in [3.8, 4) is 0 Å². The number of aliphatic hydroxyl groups is 1. The Hall–Kier alpha value is -0.300. The van der Waals surface area contributed by atoms with Gasteiger partial charge in [-0.25, -0.2) is 4.39 Å². The highest BCUT2D eigenvalue weighted by molar-refractivity contribution is 9.09. The van der Waals surface area contributed by atoms with Crippen LogP contribution in [-0.2, 0) is 0 Å². The van der Waals surface area contributed by atoms with Crippen LogP contribution in [0.3, 0.4) is 0 Å². The number of halogens is 2. The van der Waals surface area contributed by atoms with Crippen molar-refractivity contribution in [2.75, 3.05) is 31.5 Å². The van der Waals surface area contributed by atoms with Crippen LogP contribution in [0.4, 0.5) is 4.39 Å². The normalized spacial score (nSPS) is 14.1. The summed E-state index contributed by atoms with van der Waals surface area (Å²) in [6.45, 7) is 3.91. The van der Waals surface area contributed by atoms with Crippen LogP contribution >= 0.6 is 39.8 Å². The molecule has 146 valence electrons. The quantitative estimate of drug-likeness (QED) is 0.0551. The zero-order valence-corrected chi connectivity index (χ0v) is 17.5. The first-order valence-electron chi connectivity index (χ1n) is 7.78. The fourth-order valence-corrected chi connectivity index (χ4v) is 2.64. The summed E-state index contributed by atoms with van der Waals surface area (Å²) in [5.41, 5.74) is 6.06. The van der Waals surface area contributed by atoms with Gasteiger partial charge in [-0.15, -0.1) is 0 Å². The Labute approximate surface area is 165 Å². The van der Waals surface area contributed by atoms with Gasteiger partial charge in [0.2, 0.25) is 0 Å². The van der Waals surface area contributed by atoms with Gasteiger partial charge in [0, 0.05) is 35.6 Å². The number of hydrogen-bond donors (Lipinski definition) is 7. The lowest BCUT2D eigenvalue weighted by Gasteiger charge is -2.11. The lowest BCUT2D eigenvalue weighted by atomic mass is 10.3. The number of hydrogen-bond acceptors (Lipinski definition) is 8. The summed E-state index contributed by atoms with van der Waals surface area (Å²) in [5, 5.41) is 28.7. The van der Waals surface area contributed by atoms with Crippen molar-refractivity contribution < 1.29 is 9.50 Å². The van der Waals surface area contributed by atoms with Gasteiger partial charge < -0.3 is 26.2 Å². The average molecular weight is 459 g/mol. The molecule has 25 heavy (non-hydrogen) atoms. The summed E-state index contributed by atoms with van der Waals surface area (Å²) in [5.74, 6) is -0.369. The van der Waals surface area contributed by atoms with Crippen molar-refractivity contribution in [2.45, 2.75) is 25.9 Å². The maximum Gasteiger partial charge on any atom is 0.179 e. The third-order valence-corrected chi connectivity index (χ3v) is 4.86. The van der Waals surface area contributed by atoms with Crippen molar-refractivity contribution in [1.82, 2.24) is 15.4 Å². The fraction of sp³-hybridized carbons (Fsp3) is 0.643. The summed E-state index contributed by atoms with van der Waals surface area (Å²) in [4.78, 5) is 0.418. The molecule has 0 aromatic carbocycles. The van der Waals surface area contributed by atoms with E-state index in [1.54, 1.807) is 6.92 Å². The maximum atomic E-state index is 14.1. The number of aliphatic hydroxyl groups excluding tert-OH is 1. The number of unbranched alkanes of at least 4 members (excludes halogenated alkanes) is 1. The van der Waals surface area contributed by atoms with Crippen LogP contribution in [0.25, 0.3) is 0 Å². The van der Waals surface area contributed by atoms with Crippen molar-refractivity contribution in [3.05, 3.63) is 22.5 Å². The number of rotatable bonds is 13. The molecule has 0 aliphatic carbocycles. The van der Waals surface area contributed by atoms with Crippen LogP contribution in [0.1, 0.15) is 19.8 Å². The predicted octanol–water partition coefficient (Wildman–Crippen LogP) is 1.52. The molecule has 9 N–H and O–H groups in total. The first-order chi connectivity index (χ1) is 11.9. The van der Waals surface area contributed by atoms with E-state index in [2.05, 4.69) is 31.3 Å². The van der Waals surface area contributed by atoms with Gasteiger partial charge in [0.05, 0.1) is 6.10 Å². The molecule has 0 amide bonds. The molecule has 0 rings (SSSR count). The van der Waals surface area contributed by atoms with Crippen LogP contribution in [0.2, 0.25) is 0 Å². The Morgan fingerprint density at radius 1 is 1.40 bits per heavy atom. The molecular formula is C14H28BrFN6OS2. The molecule has 11 heteroatoms. The Kier molecular flexibility index (Phi) is 15.7. The molecule has 0 radical (unpaired) electrons. The molecule has 0 fully saturated rings. The SMILES string of the molecule is C/C(SNC(=N)SN)=C(F)\C=C(/CBr)NCCCCNC[C@H](O)CN. The molecule has 0 unspecified atom stereocenters. The summed E-state index contributed by atoms with van der Waals surface area (Å²) >= 11 is 5.12. The first-order valence-corrected chi connectivity index (χ1v) is 10.6. The number of amidine groups is 1. The van der Waals surface area contributed by atoms with Crippen molar-refractivity contribution in [2.24, 2.45) is 10.9 Å². The first kappa shape index (κ1) is 24.7. The standard InChI is InChI=1S/C14H28BrFN6OS2/c1-10(25-22-14(18)24-19)13(16)6-11(7-15)21-5-3-2-4-20-9-12(23)8-17/h6,12,20-21,23H,2-5,7-9,17,19H2,1H3,(H2,18,22)/b11-6+,13-10-/t12-/m1/s1. The number of nitrogens with one attached hydrogen (secondary N) is 4. The molecular weight excluding hydrogens is 431 g/mol. The zero-order chi connectivity index (χ0) is 19.1. The van der Waals surface area contributed by atoms with Gasteiger partial charge in [0.1, 0.15) is 5.83 Å². The van der Waals surface area contributed by atoms with E-state index in [-0.39, 0.29) is 17.5 Å². The van der Waals surface area contributed by atoms with E-state index in [0.29, 0.717) is 16.8 Å². The van der Waals surface area contributed by atoms with E-state index in [1.165, 1.54) is 6.08 Å². The highest BCUT2D eigenvalue weighted by Gasteiger charge is 2.04. The van der Waals surface area contributed by atoms with Crippen LogP contribution in [0, 0.1) is 5.41 Å². The Morgan fingerprint density at radius 3 is 2.68 bits per heavy atom. The van der Waals surface area contributed by atoms with E-state index >= 15 is 0 Å². The lowest BCUT2D eigenvalue weighted by Crippen LogP contribution is -2.33. The summed E-state index contributed by atoms with van der Waals surface area (Å²) in [6, 6.07) is 0. The summed E-state index contributed by atoms with van der Waals surface area (Å²) < 4.78 is 16.7. The number of allylic oxidation sites excluding steroid dienone is 4. The Bertz CT molecular complexity index is 453. The van der Waals surface area contributed by atoms with Crippen molar-refractivity contribution >= 4 is 45.0 Å². The lowest BCUT2D eigenvalue weighted by molar-refractivity contribution is 0.179. The monoisotopic (exact) mass is 458 g/mol. The van der Waals surface area contributed by atoms with E-state index < -0.39 is 6.10 Å². The molecule has 0 saturated carbocycles. The van der Waals surface area contributed by atoms with E-state index in [9.17, 15) is 9.50 Å². The minimum atomic E-state index is -0.501. The van der Waals surface area contributed by atoms with Crippen LogP contribution < -0.4 is 26.2 Å². The third-order valence-electron chi connectivity index (χ3n) is 2.98. The van der Waals surface area contributed by atoms with Gasteiger partial charge in [0.15, 0.2) is 5.17 Å². The predicted molar refractivity (Wildman–Crippen MR) is 111 cm³/mol. The topological polar surface area (TPSA) is 132 Å². The number of alkyl halides is 1. The van der Waals surface area contributed by atoms with Gasteiger partial charge in [-0.3, -0.25) is 10.5 Å². The second-order valence-corrected chi connectivity index (χ2v) is 7.31. The minimum absolute atomic E-state index is 0.0626. The van der Waals surface area contributed by atoms with E-state index in [1.807, 2.05) is 0 Å². The average Bonchev–Trinajstić information content (AvgIpc) is 2.63. The van der Waals surface area contributed by atoms with Gasteiger partial charge in [0.25, 0.3) is 0 Å². The molecule has 0 heterocycles. The Balaban J connectivity index is 4.13. The molecule has 0 spiro atoms. The van der Waals surface area contributed by atoms with Crippen LogP contribution in [0.5, 0.6) is 0 Å². The third kappa shape index (κ3) is 13.5. The van der Waals surface area contributed by atoms with E-state index in [0.717, 1.165) is 55.5 Å². The molecule has 0 aliphatic heterocycles. The van der Waals surface area contributed by atoms with Crippen molar-refractivity contribution in [3.63, 3.8) is 0 Å². The highest BCUT2D eigenvalue weighted by atomic mass is 79.9. The number of nitrogens with two attached hydrogens (primary N) is 2. The van der Waals surface area contributed by atoms with Gasteiger partial charge >= 0.3 is 0 Å². The van der Waals surface area contributed by atoms with Gasteiger partial charge in [-0.1, -0.05) is 15.9 Å². The molecule has 0 aromatic rings. The second kappa shape index (κ2) is 15.9. The fourth-order valence-electron chi connectivity index (χ4n) is 1.56. The van der Waals surface area contributed by atoms with Crippen LogP contribution in [0.15, 0.2) is 22.5 Å². The molecule has 7 nitrogen and oxygen atoms in total. The second-order valence-electron chi connectivity index (χ2n) is 5.09. The summed E-state index contributed by atoms with van der Waals surface area (Å²) in [6.07, 6.45) is 2.80. The smallest absolute Gasteiger partial charge is 0.179 e. The van der Waals surface area contributed by atoms with Gasteiger partial charge in [-0.05, 0) is 56.3 Å². The van der Waals surface area contributed by atoms with Crippen molar-refractivity contribution in [1.29, 1.82) is 5.41 Å². The van der Waals surface area contributed by atoms with Crippen LogP contribution in [-0.4, -0.2) is 47.9 Å². The minimum Gasteiger partial charge on any atom is -0.390 e. The molecule has 0 aromatic heterocycles. The van der Waals surface area contributed by atoms with Gasteiger partial charge in [-0.2, -0.15) is 0 Å². The summed E-state index contributed by atoms with van der Waals surface area (Å²) in [7, 11) is 0. The largest absolute Gasteiger partial charge is 0.390 e. The molecule has 0 bridgehead atoms. The molecule has 0 saturated heterocycles.